The van der Waals surface area contributed by atoms with Crippen molar-refractivity contribution in [2.24, 2.45) is 5.73 Å². The van der Waals surface area contributed by atoms with Crippen molar-refractivity contribution in [3.8, 4) is 0 Å². The lowest BCUT2D eigenvalue weighted by molar-refractivity contribution is 0.567. The van der Waals surface area contributed by atoms with Crippen molar-refractivity contribution >= 4 is 22.9 Å². The summed E-state index contributed by atoms with van der Waals surface area (Å²) in [5.41, 5.74) is 8.70. The summed E-state index contributed by atoms with van der Waals surface area (Å²) in [6.45, 7) is 6.54. The zero-order chi connectivity index (χ0) is 14.8. The van der Waals surface area contributed by atoms with Crippen LogP contribution >= 0.6 is 22.9 Å². The Morgan fingerprint density at radius 1 is 1.20 bits per heavy atom. The van der Waals surface area contributed by atoms with Gasteiger partial charge in [-0.05, 0) is 24.1 Å². The molecule has 4 heteroatoms. The molecule has 1 aromatic carbocycles. The van der Waals surface area contributed by atoms with Crippen molar-refractivity contribution in [2.75, 3.05) is 0 Å². The van der Waals surface area contributed by atoms with Gasteiger partial charge in [0, 0.05) is 28.3 Å². The van der Waals surface area contributed by atoms with Crippen molar-refractivity contribution < 1.29 is 0 Å². The summed E-state index contributed by atoms with van der Waals surface area (Å²) < 4.78 is 0. The first-order valence-corrected chi connectivity index (χ1v) is 8.05. The first-order chi connectivity index (χ1) is 9.34. The molecule has 0 saturated carbocycles. The summed E-state index contributed by atoms with van der Waals surface area (Å²) in [4.78, 5) is 4.69. The maximum Gasteiger partial charge on any atom is 0.0944 e. The Morgan fingerprint density at radius 2 is 1.85 bits per heavy atom. The van der Waals surface area contributed by atoms with E-state index in [4.69, 9.17) is 22.3 Å². The Morgan fingerprint density at radius 3 is 2.40 bits per heavy atom. The molecule has 108 valence electrons. The highest BCUT2D eigenvalue weighted by Gasteiger charge is 2.18. The number of benzene rings is 1. The normalized spacial score (nSPS) is 13.4. The van der Waals surface area contributed by atoms with Crippen LogP contribution in [0.25, 0.3) is 0 Å². The average molecular weight is 309 g/mol. The zero-order valence-electron chi connectivity index (χ0n) is 12.2. The van der Waals surface area contributed by atoms with Crippen molar-refractivity contribution in [1.29, 1.82) is 0 Å². The summed E-state index contributed by atoms with van der Waals surface area (Å²) >= 11 is 7.59. The van der Waals surface area contributed by atoms with Gasteiger partial charge in [0.25, 0.3) is 0 Å². The third-order valence-electron chi connectivity index (χ3n) is 3.17. The number of hydrogen-bond donors (Lipinski definition) is 1. The number of hydrogen-bond acceptors (Lipinski definition) is 3. The van der Waals surface area contributed by atoms with E-state index in [0.717, 1.165) is 28.6 Å². The van der Waals surface area contributed by atoms with Crippen molar-refractivity contribution in [2.45, 2.75) is 45.1 Å². The molecular formula is C16H21ClN2S. The van der Waals surface area contributed by atoms with Crippen LogP contribution < -0.4 is 5.73 Å². The molecule has 0 aliphatic heterocycles. The van der Waals surface area contributed by atoms with Gasteiger partial charge in [0.15, 0.2) is 0 Å². The number of halogens is 1. The minimum absolute atomic E-state index is 0.0927. The third kappa shape index (κ3) is 4.30. The van der Waals surface area contributed by atoms with Gasteiger partial charge >= 0.3 is 0 Å². The molecule has 1 atom stereocenters. The van der Waals surface area contributed by atoms with Crippen molar-refractivity contribution in [3.05, 3.63) is 50.9 Å². The van der Waals surface area contributed by atoms with Gasteiger partial charge in [0.2, 0.25) is 0 Å². The molecular weight excluding hydrogens is 288 g/mol. The van der Waals surface area contributed by atoms with Gasteiger partial charge in [-0.3, -0.25) is 0 Å². The second-order valence-electron chi connectivity index (χ2n) is 6.17. The lowest BCUT2D eigenvalue weighted by atomic mass is 9.93. The van der Waals surface area contributed by atoms with Crippen molar-refractivity contribution in [3.63, 3.8) is 0 Å². The standard InChI is InChI=1S/C16H21ClN2S/c1-16(2,3)14-10-20-15(19-14)9-13(18)8-11-4-6-12(17)7-5-11/h4-7,10,13H,8-9,18H2,1-3H3. The molecule has 2 N–H and O–H groups in total. The van der Waals surface area contributed by atoms with E-state index < -0.39 is 0 Å². The number of aromatic nitrogens is 1. The van der Waals surface area contributed by atoms with Crippen LogP contribution in [0, 0.1) is 0 Å². The van der Waals surface area contributed by atoms with Crippen LogP contribution in [0.15, 0.2) is 29.6 Å². The third-order valence-corrected chi connectivity index (χ3v) is 4.29. The highest BCUT2D eigenvalue weighted by atomic mass is 35.5. The average Bonchev–Trinajstić information content (AvgIpc) is 2.80. The molecule has 0 bridgehead atoms. The van der Waals surface area contributed by atoms with E-state index in [9.17, 15) is 0 Å². The highest BCUT2D eigenvalue weighted by molar-refractivity contribution is 7.09. The summed E-state index contributed by atoms with van der Waals surface area (Å²) in [6, 6.07) is 7.97. The van der Waals surface area contributed by atoms with Crippen LogP contribution in [0.1, 0.15) is 37.0 Å². The fourth-order valence-corrected chi connectivity index (χ4v) is 3.21. The molecule has 2 rings (SSSR count). The van der Waals surface area contributed by atoms with E-state index in [2.05, 4.69) is 26.2 Å². The molecule has 20 heavy (non-hydrogen) atoms. The first-order valence-electron chi connectivity index (χ1n) is 6.79. The van der Waals surface area contributed by atoms with Crippen LogP contribution in [-0.4, -0.2) is 11.0 Å². The Kier molecular flexibility index (Phi) is 4.84. The van der Waals surface area contributed by atoms with Gasteiger partial charge in [0.05, 0.1) is 10.7 Å². The van der Waals surface area contributed by atoms with E-state index in [0.29, 0.717) is 0 Å². The molecule has 0 amide bonds. The molecule has 2 aromatic rings. The van der Waals surface area contributed by atoms with Gasteiger partial charge in [-0.25, -0.2) is 4.98 Å². The molecule has 0 fully saturated rings. The number of thiazole rings is 1. The quantitative estimate of drug-likeness (QED) is 0.919. The molecule has 1 aromatic heterocycles. The van der Waals surface area contributed by atoms with E-state index in [1.165, 1.54) is 5.56 Å². The highest BCUT2D eigenvalue weighted by Crippen LogP contribution is 2.24. The van der Waals surface area contributed by atoms with Gasteiger partial charge in [0.1, 0.15) is 0 Å². The first kappa shape index (κ1) is 15.5. The summed E-state index contributed by atoms with van der Waals surface area (Å²) in [7, 11) is 0. The molecule has 0 aliphatic carbocycles. The number of nitrogens with zero attached hydrogens (tertiary/aromatic N) is 1. The molecule has 1 heterocycles. The molecule has 2 nitrogen and oxygen atoms in total. The smallest absolute Gasteiger partial charge is 0.0944 e. The molecule has 0 saturated heterocycles. The van der Waals surface area contributed by atoms with E-state index in [-0.39, 0.29) is 11.5 Å². The van der Waals surface area contributed by atoms with Gasteiger partial charge in [-0.1, -0.05) is 44.5 Å². The summed E-state index contributed by atoms with van der Waals surface area (Å²) in [6.07, 6.45) is 1.67. The Bertz CT molecular complexity index is 555. The summed E-state index contributed by atoms with van der Waals surface area (Å²) in [5, 5.41) is 4.03. The van der Waals surface area contributed by atoms with Gasteiger partial charge < -0.3 is 5.73 Å². The maximum absolute atomic E-state index is 6.23. The minimum Gasteiger partial charge on any atom is -0.327 e. The fourth-order valence-electron chi connectivity index (χ4n) is 1.97. The summed E-state index contributed by atoms with van der Waals surface area (Å²) in [5.74, 6) is 0. The van der Waals surface area contributed by atoms with Crippen molar-refractivity contribution in [1.82, 2.24) is 4.98 Å². The minimum atomic E-state index is 0.0927. The van der Waals surface area contributed by atoms with E-state index >= 15 is 0 Å². The lowest BCUT2D eigenvalue weighted by Gasteiger charge is -2.14. The topological polar surface area (TPSA) is 38.9 Å². The number of rotatable bonds is 4. The molecule has 0 aliphatic rings. The second-order valence-corrected chi connectivity index (χ2v) is 7.55. The Balaban J connectivity index is 1.96. The van der Waals surface area contributed by atoms with Gasteiger partial charge in [-0.15, -0.1) is 11.3 Å². The predicted molar refractivity (Wildman–Crippen MR) is 87.6 cm³/mol. The largest absolute Gasteiger partial charge is 0.327 e. The van der Waals surface area contributed by atoms with Crippen LogP contribution in [-0.2, 0) is 18.3 Å². The Hall–Kier alpha value is -0.900. The van der Waals surface area contributed by atoms with E-state index in [1.54, 1.807) is 11.3 Å². The van der Waals surface area contributed by atoms with Crippen LogP contribution in [0.2, 0.25) is 5.02 Å². The lowest BCUT2D eigenvalue weighted by Crippen LogP contribution is -2.25. The second kappa shape index (κ2) is 6.25. The molecule has 0 radical (unpaired) electrons. The van der Waals surface area contributed by atoms with Crippen LogP contribution in [0.4, 0.5) is 0 Å². The van der Waals surface area contributed by atoms with Crippen LogP contribution in [0.5, 0.6) is 0 Å². The number of nitrogens with two attached hydrogens (primary N) is 1. The zero-order valence-corrected chi connectivity index (χ0v) is 13.8. The monoisotopic (exact) mass is 308 g/mol. The predicted octanol–water partition coefficient (Wildman–Crippen LogP) is 4.21. The van der Waals surface area contributed by atoms with Gasteiger partial charge in [-0.2, -0.15) is 0 Å². The van der Waals surface area contributed by atoms with Crippen LogP contribution in [0.3, 0.4) is 0 Å². The maximum atomic E-state index is 6.23. The molecule has 0 spiro atoms. The SMILES string of the molecule is CC(C)(C)c1csc(CC(N)Cc2ccc(Cl)cc2)n1. The Labute approximate surface area is 130 Å². The van der Waals surface area contributed by atoms with E-state index in [1.807, 2.05) is 24.3 Å². The fraction of sp³-hybridized carbons (Fsp3) is 0.438. The molecule has 1 unspecified atom stereocenters.